The zero-order chi connectivity index (χ0) is 15.9. The van der Waals surface area contributed by atoms with Gasteiger partial charge in [0.15, 0.2) is 11.5 Å². The lowest BCUT2D eigenvalue weighted by Crippen LogP contribution is -2.07. The van der Waals surface area contributed by atoms with Crippen LogP contribution in [-0.2, 0) is 13.2 Å². The molecule has 0 unspecified atom stereocenters. The standard InChI is InChI=1S/C17H19BrClNO2/c1-3-21-16-9-13(10-20-2)8-15(18)17(16)22-11-12-4-6-14(19)7-5-12/h4-9,20H,3,10-11H2,1-2H3. The predicted octanol–water partition coefficient (Wildman–Crippen LogP) is 4.80. The molecule has 3 nitrogen and oxygen atoms in total. The van der Waals surface area contributed by atoms with Gasteiger partial charge < -0.3 is 14.8 Å². The molecule has 0 aliphatic heterocycles. The summed E-state index contributed by atoms with van der Waals surface area (Å²) in [6.45, 7) is 3.78. The van der Waals surface area contributed by atoms with Crippen LogP contribution >= 0.6 is 27.5 Å². The van der Waals surface area contributed by atoms with Crippen molar-refractivity contribution in [3.63, 3.8) is 0 Å². The maximum Gasteiger partial charge on any atom is 0.175 e. The second-order valence-corrected chi connectivity index (χ2v) is 6.07. The van der Waals surface area contributed by atoms with Crippen molar-refractivity contribution in [2.45, 2.75) is 20.1 Å². The Morgan fingerprint density at radius 1 is 1.09 bits per heavy atom. The Labute approximate surface area is 144 Å². The Balaban J connectivity index is 2.19. The van der Waals surface area contributed by atoms with Crippen molar-refractivity contribution in [2.75, 3.05) is 13.7 Å². The maximum absolute atomic E-state index is 5.94. The molecule has 0 bridgehead atoms. The molecule has 0 heterocycles. The first-order valence-corrected chi connectivity index (χ1v) is 8.28. The van der Waals surface area contributed by atoms with Gasteiger partial charge in [-0.25, -0.2) is 0 Å². The van der Waals surface area contributed by atoms with Crippen LogP contribution in [-0.4, -0.2) is 13.7 Å². The number of rotatable bonds is 7. The average molecular weight is 385 g/mol. The van der Waals surface area contributed by atoms with E-state index in [2.05, 4.69) is 21.2 Å². The summed E-state index contributed by atoms with van der Waals surface area (Å²) in [5.41, 5.74) is 2.19. The Bertz CT molecular complexity index is 617. The number of nitrogens with one attached hydrogen (secondary N) is 1. The van der Waals surface area contributed by atoms with E-state index in [0.29, 0.717) is 13.2 Å². The van der Waals surface area contributed by atoms with Crippen LogP contribution in [0.2, 0.25) is 5.02 Å². The minimum Gasteiger partial charge on any atom is -0.490 e. The van der Waals surface area contributed by atoms with Crippen LogP contribution < -0.4 is 14.8 Å². The minimum absolute atomic E-state index is 0.460. The van der Waals surface area contributed by atoms with Crippen LogP contribution in [0.15, 0.2) is 40.9 Å². The van der Waals surface area contributed by atoms with Crippen molar-refractivity contribution >= 4 is 27.5 Å². The van der Waals surface area contributed by atoms with E-state index in [0.717, 1.165) is 38.7 Å². The van der Waals surface area contributed by atoms with Gasteiger partial charge in [0.25, 0.3) is 0 Å². The summed E-state index contributed by atoms with van der Waals surface area (Å²) >= 11 is 9.46. The molecule has 2 aromatic rings. The molecule has 0 aromatic heterocycles. The molecule has 0 saturated carbocycles. The van der Waals surface area contributed by atoms with E-state index in [9.17, 15) is 0 Å². The summed E-state index contributed by atoms with van der Waals surface area (Å²) in [5, 5.41) is 3.85. The number of hydrogen-bond donors (Lipinski definition) is 1. The van der Waals surface area contributed by atoms with Gasteiger partial charge in [-0.2, -0.15) is 0 Å². The molecule has 0 aliphatic carbocycles. The number of hydrogen-bond acceptors (Lipinski definition) is 3. The first-order valence-electron chi connectivity index (χ1n) is 7.11. The van der Waals surface area contributed by atoms with Gasteiger partial charge in [-0.15, -0.1) is 0 Å². The lowest BCUT2D eigenvalue weighted by molar-refractivity contribution is 0.267. The molecule has 0 radical (unpaired) electrons. The van der Waals surface area contributed by atoms with Crippen molar-refractivity contribution in [1.82, 2.24) is 5.32 Å². The van der Waals surface area contributed by atoms with E-state index >= 15 is 0 Å². The summed E-state index contributed by atoms with van der Waals surface area (Å²) in [7, 11) is 1.92. The van der Waals surface area contributed by atoms with Crippen LogP contribution in [0.1, 0.15) is 18.1 Å². The number of benzene rings is 2. The molecule has 2 rings (SSSR count). The average Bonchev–Trinajstić information content (AvgIpc) is 2.49. The SMILES string of the molecule is CCOc1cc(CNC)cc(Br)c1OCc1ccc(Cl)cc1. The first kappa shape index (κ1) is 17.1. The lowest BCUT2D eigenvalue weighted by atomic mass is 10.2. The highest BCUT2D eigenvalue weighted by molar-refractivity contribution is 9.10. The summed E-state index contributed by atoms with van der Waals surface area (Å²) in [4.78, 5) is 0. The van der Waals surface area contributed by atoms with Gasteiger partial charge in [-0.05, 0) is 65.3 Å². The largest absolute Gasteiger partial charge is 0.490 e. The smallest absolute Gasteiger partial charge is 0.175 e. The van der Waals surface area contributed by atoms with E-state index in [1.807, 2.05) is 50.4 Å². The van der Waals surface area contributed by atoms with Gasteiger partial charge in [0.1, 0.15) is 6.61 Å². The highest BCUT2D eigenvalue weighted by atomic mass is 79.9. The third-order valence-corrected chi connectivity index (χ3v) is 3.89. The second kappa shape index (κ2) is 8.42. The summed E-state index contributed by atoms with van der Waals surface area (Å²) in [5.74, 6) is 1.47. The molecule has 1 N–H and O–H groups in total. The van der Waals surface area contributed by atoms with Gasteiger partial charge in [0.2, 0.25) is 0 Å². The van der Waals surface area contributed by atoms with Crippen molar-refractivity contribution < 1.29 is 9.47 Å². The fourth-order valence-corrected chi connectivity index (χ4v) is 2.80. The van der Waals surface area contributed by atoms with E-state index in [-0.39, 0.29) is 0 Å². The van der Waals surface area contributed by atoms with Crippen LogP contribution in [0.4, 0.5) is 0 Å². The van der Waals surface area contributed by atoms with Gasteiger partial charge >= 0.3 is 0 Å². The van der Waals surface area contributed by atoms with Crippen molar-refractivity contribution in [2.24, 2.45) is 0 Å². The Hall–Kier alpha value is -1.23. The Morgan fingerprint density at radius 2 is 1.82 bits per heavy atom. The van der Waals surface area contributed by atoms with Crippen LogP contribution in [0.25, 0.3) is 0 Å². The quantitative estimate of drug-likeness (QED) is 0.744. The topological polar surface area (TPSA) is 30.5 Å². The van der Waals surface area contributed by atoms with Gasteiger partial charge in [-0.1, -0.05) is 23.7 Å². The molecule has 0 aliphatic rings. The molecular formula is C17H19BrClNO2. The van der Waals surface area contributed by atoms with Crippen molar-refractivity contribution in [1.29, 1.82) is 0 Å². The summed E-state index contributed by atoms with van der Waals surface area (Å²) in [6, 6.07) is 11.7. The molecule has 2 aromatic carbocycles. The normalized spacial score (nSPS) is 10.5. The van der Waals surface area contributed by atoms with E-state index in [1.165, 1.54) is 0 Å². The van der Waals surface area contributed by atoms with Crippen LogP contribution in [0, 0.1) is 0 Å². The van der Waals surface area contributed by atoms with Crippen LogP contribution in [0.3, 0.4) is 0 Å². The first-order chi connectivity index (χ1) is 10.6. The zero-order valence-electron chi connectivity index (χ0n) is 12.7. The monoisotopic (exact) mass is 383 g/mol. The fraction of sp³-hybridized carbons (Fsp3) is 0.294. The molecule has 0 fully saturated rings. The molecule has 5 heteroatoms. The molecule has 22 heavy (non-hydrogen) atoms. The molecule has 0 atom stereocenters. The number of ether oxygens (including phenoxy) is 2. The van der Waals surface area contributed by atoms with Gasteiger partial charge in [-0.3, -0.25) is 0 Å². The minimum atomic E-state index is 0.460. The van der Waals surface area contributed by atoms with Crippen molar-refractivity contribution in [3.05, 3.63) is 57.0 Å². The third-order valence-electron chi connectivity index (χ3n) is 3.05. The lowest BCUT2D eigenvalue weighted by Gasteiger charge is -2.15. The summed E-state index contributed by atoms with van der Waals surface area (Å²) < 4.78 is 12.5. The highest BCUT2D eigenvalue weighted by Gasteiger charge is 2.12. The second-order valence-electron chi connectivity index (χ2n) is 4.78. The Kier molecular flexibility index (Phi) is 6.55. The molecule has 0 spiro atoms. The predicted molar refractivity (Wildman–Crippen MR) is 93.9 cm³/mol. The maximum atomic E-state index is 5.94. The third kappa shape index (κ3) is 4.63. The Morgan fingerprint density at radius 3 is 2.45 bits per heavy atom. The number of halogens is 2. The van der Waals surface area contributed by atoms with Crippen LogP contribution in [0.5, 0.6) is 11.5 Å². The molecule has 0 amide bonds. The molecule has 0 saturated heterocycles. The molecular weight excluding hydrogens is 366 g/mol. The summed E-state index contributed by atoms with van der Waals surface area (Å²) in [6.07, 6.45) is 0. The van der Waals surface area contributed by atoms with E-state index in [4.69, 9.17) is 21.1 Å². The van der Waals surface area contributed by atoms with Gasteiger partial charge in [0, 0.05) is 11.6 Å². The van der Waals surface area contributed by atoms with Gasteiger partial charge in [0.05, 0.1) is 11.1 Å². The van der Waals surface area contributed by atoms with E-state index in [1.54, 1.807) is 0 Å². The zero-order valence-corrected chi connectivity index (χ0v) is 15.0. The molecule has 118 valence electrons. The van der Waals surface area contributed by atoms with E-state index < -0.39 is 0 Å². The highest BCUT2D eigenvalue weighted by Crippen LogP contribution is 2.37. The fourth-order valence-electron chi connectivity index (χ4n) is 2.07. The van der Waals surface area contributed by atoms with Crippen molar-refractivity contribution in [3.8, 4) is 11.5 Å².